The molecule has 4 heteroatoms. The molecule has 0 bridgehead atoms. The molecule has 0 aliphatic carbocycles. The number of hydrogen-bond donors (Lipinski definition) is 3. The molecular formula is C15H15NO3. The van der Waals surface area contributed by atoms with E-state index >= 15 is 0 Å². The maximum absolute atomic E-state index is 9.42. The van der Waals surface area contributed by atoms with E-state index in [4.69, 9.17) is 9.52 Å². The summed E-state index contributed by atoms with van der Waals surface area (Å²) in [6.07, 6.45) is -0.770. The highest BCUT2D eigenvalue weighted by atomic mass is 16.3. The molecule has 19 heavy (non-hydrogen) atoms. The minimum absolute atomic E-state index is 0.255. The summed E-state index contributed by atoms with van der Waals surface area (Å²) < 4.78 is 5.77. The fourth-order valence-electron chi connectivity index (χ4n) is 2.21. The monoisotopic (exact) mass is 257 g/mol. The predicted molar refractivity (Wildman–Crippen MR) is 75.3 cm³/mol. The third kappa shape index (κ3) is 2.16. The minimum atomic E-state index is -0.770. The van der Waals surface area contributed by atoms with Crippen LogP contribution in [0, 0.1) is 0 Å². The van der Waals surface area contributed by atoms with Crippen LogP contribution in [-0.2, 0) is 0 Å². The Labute approximate surface area is 110 Å². The number of para-hydroxylation sites is 1. The molecule has 4 nitrogen and oxygen atoms in total. The minimum Gasteiger partial charge on any atom is -0.456 e. The van der Waals surface area contributed by atoms with Gasteiger partial charge >= 0.3 is 0 Å². The average Bonchev–Trinajstić information content (AvgIpc) is 2.83. The molecule has 0 saturated heterocycles. The van der Waals surface area contributed by atoms with Crippen LogP contribution in [0.15, 0.2) is 46.9 Å². The summed E-state index contributed by atoms with van der Waals surface area (Å²) in [5, 5.41) is 23.5. The first-order chi connectivity index (χ1) is 9.29. The van der Waals surface area contributed by atoms with Crippen LogP contribution in [0.4, 0.5) is 5.69 Å². The van der Waals surface area contributed by atoms with Crippen LogP contribution in [0.25, 0.3) is 21.9 Å². The van der Waals surface area contributed by atoms with E-state index in [0.29, 0.717) is 6.54 Å². The smallest absolute Gasteiger partial charge is 0.137 e. The van der Waals surface area contributed by atoms with Crippen molar-refractivity contribution >= 4 is 27.6 Å². The highest BCUT2D eigenvalue weighted by Crippen LogP contribution is 2.33. The Morgan fingerprint density at radius 1 is 1.05 bits per heavy atom. The lowest BCUT2D eigenvalue weighted by Crippen LogP contribution is -2.22. The van der Waals surface area contributed by atoms with Gasteiger partial charge in [0.25, 0.3) is 0 Å². The largest absolute Gasteiger partial charge is 0.456 e. The number of aliphatic hydroxyl groups is 2. The lowest BCUT2D eigenvalue weighted by molar-refractivity contribution is 0.105. The normalized spacial score (nSPS) is 12.9. The van der Waals surface area contributed by atoms with Crippen molar-refractivity contribution in [1.82, 2.24) is 0 Å². The van der Waals surface area contributed by atoms with Crippen LogP contribution in [0.5, 0.6) is 0 Å². The van der Waals surface area contributed by atoms with E-state index in [1.54, 1.807) is 0 Å². The van der Waals surface area contributed by atoms with Crippen LogP contribution < -0.4 is 5.32 Å². The van der Waals surface area contributed by atoms with Crippen molar-refractivity contribution in [2.24, 2.45) is 0 Å². The third-order valence-corrected chi connectivity index (χ3v) is 3.14. The number of hydrogen-bond acceptors (Lipinski definition) is 4. The Balaban J connectivity index is 2.08. The SMILES string of the molecule is OCC(O)CNc1cccc2oc3ccccc3c12. The van der Waals surface area contributed by atoms with Gasteiger partial charge in [0.2, 0.25) is 0 Å². The quantitative estimate of drug-likeness (QED) is 0.671. The molecule has 98 valence electrons. The molecule has 1 heterocycles. The van der Waals surface area contributed by atoms with Crippen LogP contribution in [-0.4, -0.2) is 29.5 Å². The standard InChI is InChI=1S/C15H15NO3/c17-9-10(18)8-16-12-5-3-7-14-15(12)11-4-1-2-6-13(11)19-14/h1-7,10,16-18H,8-9H2. The number of anilines is 1. The van der Waals surface area contributed by atoms with E-state index < -0.39 is 6.10 Å². The average molecular weight is 257 g/mol. The molecule has 1 atom stereocenters. The van der Waals surface area contributed by atoms with E-state index in [9.17, 15) is 5.11 Å². The molecule has 0 amide bonds. The predicted octanol–water partition coefficient (Wildman–Crippen LogP) is 2.35. The molecule has 3 N–H and O–H groups in total. The van der Waals surface area contributed by atoms with Crippen LogP contribution >= 0.6 is 0 Å². The molecule has 2 aromatic carbocycles. The van der Waals surface area contributed by atoms with Gasteiger partial charge in [-0.25, -0.2) is 0 Å². The molecule has 1 aromatic heterocycles. The second-order valence-electron chi connectivity index (χ2n) is 4.49. The van der Waals surface area contributed by atoms with Gasteiger partial charge in [-0.3, -0.25) is 0 Å². The first-order valence-electron chi connectivity index (χ1n) is 6.22. The molecule has 0 aliphatic heterocycles. The van der Waals surface area contributed by atoms with Crippen molar-refractivity contribution < 1.29 is 14.6 Å². The van der Waals surface area contributed by atoms with Gasteiger partial charge in [0.1, 0.15) is 11.2 Å². The van der Waals surface area contributed by atoms with E-state index in [0.717, 1.165) is 27.6 Å². The Hall–Kier alpha value is -2.04. The molecule has 0 spiro atoms. The fraction of sp³-hybridized carbons (Fsp3) is 0.200. The lowest BCUT2D eigenvalue weighted by Gasteiger charge is -2.10. The summed E-state index contributed by atoms with van der Waals surface area (Å²) >= 11 is 0. The first-order valence-corrected chi connectivity index (χ1v) is 6.22. The molecule has 0 aliphatic rings. The Kier molecular flexibility index (Phi) is 3.11. The van der Waals surface area contributed by atoms with Crippen molar-refractivity contribution in [2.45, 2.75) is 6.10 Å². The van der Waals surface area contributed by atoms with Crippen molar-refractivity contribution in [3.8, 4) is 0 Å². The van der Waals surface area contributed by atoms with Crippen molar-refractivity contribution in [1.29, 1.82) is 0 Å². The van der Waals surface area contributed by atoms with Gasteiger partial charge in [-0.2, -0.15) is 0 Å². The third-order valence-electron chi connectivity index (χ3n) is 3.14. The zero-order valence-electron chi connectivity index (χ0n) is 10.3. The van der Waals surface area contributed by atoms with Gasteiger partial charge in [0, 0.05) is 17.6 Å². The summed E-state index contributed by atoms with van der Waals surface area (Å²) in [5.41, 5.74) is 2.55. The molecule has 3 rings (SSSR count). The summed E-state index contributed by atoms with van der Waals surface area (Å²) in [6, 6.07) is 13.6. The molecule has 1 unspecified atom stereocenters. The number of benzene rings is 2. The number of aliphatic hydroxyl groups excluding tert-OH is 2. The van der Waals surface area contributed by atoms with Crippen LogP contribution in [0.1, 0.15) is 0 Å². The van der Waals surface area contributed by atoms with Crippen molar-refractivity contribution in [3.05, 3.63) is 42.5 Å². The highest BCUT2D eigenvalue weighted by Gasteiger charge is 2.11. The summed E-state index contributed by atoms with van der Waals surface area (Å²) in [4.78, 5) is 0. The second kappa shape index (κ2) is 4.91. The number of furan rings is 1. The molecule has 0 radical (unpaired) electrons. The van der Waals surface area contributed by atoms with Gasteiger partial charge < -0.3 is 19.9 Å². The molecule has 0 fully saturated rings. The summed E-state index contributed by atoms with van der Waals surface area (Å²) in [7, 11) is 0. The summed E-state index contributed by atoms with van der Waals surface area (Å²) in [5.74, 6) is 0. The van der Waals surface area contributed by atoms with Gasteiger partial charge in [-0.1, -0.05) is 24.3 Å². The molecule has 3 aromatic rings. The lowest BCUT2D eigenvalue weighted by atomic mass is 10.1. The molecule has 0 saturated carbocycles. The van der Waals surface area contributed by atoms with Gasteiger partial charge in [0.05, 0.1) is 18.1 Å². The summed E-state index contributed by atoms with van der Waals surface area (Å²) in [6.45, 7) is 0.0459. The molecular weight excluding hydrogens is 242 g/mol. The second-order valence-corrected chi connectivity index (χ2v) is 4.49. The van der Waals surface area contributed by atoms with E-state index in [1.165, 1.54) is 0 Å². The number of fused-ring (bicyclic) bond motifs is 3. The first kappa shape index (κ1) is 12.0. The van der Waals surface area contributed by atoms with Gasteiger partial charge in [-0.05, 0) is 18.2 Å². The van der Waals surface area contributed by atoms with Crippen molar-refractivity contribution in [2.75, 3.05) is 18.5 Å². The zero-order chi connectivity index (χ0) is 13.2. The van der Waals surface area contributed by atoms with E-state index in [-0.39, 0.29) is 6.61 Å². The fourth-order valence-corrected chi connectivity index (χ4v) is 2.21. The van der Waals surface area contributed by atoms with E-state index in [1.807, 2.05) is 42.5 Å². The number of nitrogens with one attached hydrogen (secondary N) is 1. The maximum Gasteiger partial charge on any atom is 0.137 e. The Bertz CT molecular complexity index is 705. The Morgan fingerprint density at radius 3 is 2.68 bits per heavy atom. The number of rotatable bonds is 4. The maximum atomic E-state index is 9.42. The topological polar surface area (TPSA) is 65.6 Å². The van der Waals surface area contributed by atoms with Crippen LogP contribution in [0.3, 0.4) is 0 Å². The zero-order valence-corrected chi connectivity index (χ0v) is 10.3. The van der Waals surface area contributed by atoms with Gasteiger partial charge in [-0.15, -0.1) is 0 Å². The van der Waals surface area contributed by atoms with E-state index in [2.05, 4.69) is 5.32 Å². The van der Waals surface area contributed by atoms with Crippen molar-refractivity contribution in [3.63, 3.8) is 0 Å². The highest BCUT2D eigenvalue weighted by molar-refractivity contribution is 6.11. The Morgan fingerprint density at radius 2 is 1.84 bits per heavy atom. The van der Waals surface area contributed by atoms with Crippen LogP contribution in [0.2, 0.25) is 0 Å². The van der Waals surface area contributed by atoms with Gasteiger partial charge in [0.15, 0.2) is 0 Å².